The Labute approximate surface area is 200 Å². The number of esters is 1. The summed E-state index contributed by atoms with van der Waals surface area (Å²) in [5, 5.41) is 8.34. The molecule has 0 saturated heterocycles. The maximum atomic E-state index is 12.5. The van der Waals surface area contributed by atoms with Crippen molar-refractivity contribution in [3.63, 3.8) is 0 Å². The van der Waals surface area contributed by atoms with Crippen LogP contribution in [0.15, 0.2) is 54.6 Å². The van der Waals surface area contributed by atoms with Crippen LogP contribution < -0.4 is 16.0 Å². The summed E-state index contributed by atoms with van der Waals surface area (Å²) in [7, 11) is 0. The van der Waals surface area contributed by atoms with Gasteiger partial charge in [-0.25, -0.2) is 0 Å². The highest BCUT2D eigenvalue weighted by Gasteiger charge is 2.18. The predicted octanol–water partition coefficient (Wildman–Crippen LogP) is 3.98. The van der Waals surface area contributed by atoms with Crippen molar-refractivity contribution >= 4 is 40.8 Å². The van der Waals surface area contributed by atoms with Gasteiger partial charge in [0.15, 0.2) is 5.11 Å². The largest absolute Gasteiger partial charge is 0.466 e. The second-order valence-corrected chi connectivity index (χ2v) is 8.97. The Morgan fingerprint density at radius 1 is 0.939 bits per heavy atom. The molecule has 176 valence electrons. The van der Waals surface area contributed by atoms with Crippen LogP contribution in [-0.4, -0.2) is 35.0 Å². The molecule has 0 fully saturated rings. The second kappa shape index (κ2) is 12.7. The third-order valence-corrected chi connectivity index (χ3v) is 4.64. The van der Waals surface area contributed by atoms with E-state index >= 15 is 0 Å². The van der Waals surface area contributed by atoms with Crippen molar-refractivity contribution in [1.82, 2.24) is 10.6 Å². The van der Waals surface area contributed by atoms with Gasteiger partial charge in [0.05, 0.1) is 24.3 Å². The zero-order valence-electron chi connectivity index (χ0n) is 19.3. The normalized spacial score (nSPS) is 10.8. The molecule has 8 heteroatoms. The van der Waals surface area contributed by atoms with Crippen LogP contribution in [0.3, 0.4) is 0 Å². The van der Waals surface area contributed by atoms with Crippen molar-refractivity contribution in [3.8, 4) is 0 Å². The van der Waals surface area contributed by atoms with E-state index in [1.54, 1.807) is 24.3 Å². The van der Waals surface area contributed by atoms with Crippen molar-refractivity contribution in [2.45, 2.75) is 52.0 Å². The number of ether oxygens (including phenoxy) is 1. The molecule has 3 N–H and O–H groups in total. The number of rotatable bonds is 9. The lowest BCUT2D eigenvalue weighted by molar-refractivity contribution is -0.145. The fraction of sp³-hybridized carbons (Fsp3) is 0.360. The molecule has 0 radical (unpaired) electrons. The molecule has 33 heavy (non-hydrogen) atoms. The summed E-state index contributed by atoms with van der Waals surface area (Å²) in [4.78, 5) is 36.5. The maximum Gasteiger partial charge on any atom is 0.306 e. The molecule has 0 aliphatic heterocycles. The molecule has 0 spiro atoms. The van der Waals surface area contributed by atoms with Crippen LogP contribution in [0.4, 0.5) is 5.69 Å². The van der Waals surface area contributed by atoms with E-state index in [9.17, 15) is 14.4 Å². The summed E-state index contributed by atoms with van der Waals surface area (Å²) in [6, 6.07) is 16.8. The van der Waals surface area contributed by atoms with E-state index in [1.165, 1.54) is 5.56 Å². The predicted molar refractivity (Wildman–Crippen MR) is 133 cm³/mol. The zero-order valence-corrected chi connectivity index (χ0v) is 20.1. The van der Waals surface area contributed by atoms with Crippen LogP contribution in [-0.2, 0) is 20.7 Å². The van der Waals surface area contributed by atoms with Gasteiger partial charge in [-0.05, 0) is 63.5 Å². The smallest absolute Gasteiger partial charge is 0.306 e. The number of hydrogen-bond acceptors (Lipinski definition) is 5. The highest BCUT2D eigenvalue weighted by atomic mass is 32.1. The van der Waals surface area contributed by atoms with E-state index in [0.29, 0.717) is 17.9 Å². The molecular weight excluding hydrogens is 438 g/mol. The Kier molecular flexibility index (Phi) is 10.00. The molecule has 0 heterocycles. The molecule has 0 atom stereocenters. The van der Waals surface area contributed by atoms with E-state index in [0.717, 1.165) is 12.8 Å². The van der Waals surface area contributed by atoms with Gasteiger partial charge >= 0.3 is 5.97 Å². The first-order valence-corrected chi connectivity index (χ1v) is 11.3. The van der Waals surface area contributed by atoms with Crippen molar-refractivity contribution in [3.05, 3.63) is 65.7 Å². The number of para-hydroxylation sites is 1. The Balaban J connectivity index is 1.72. The van der Waals surface area contributed by atoms with E-state index in [-0.39, 0.29) is 23.9 Å². The molecule has 0 unspecified atom stereocenters. The van der Waals surface area contributed by atoms with Gasteiger partial charge < -0.3 is 20.7 Å². The van der Waals surface area contributed by atoms with E-state index in [1.807, 2.05) is 51.1 Å². The Hall–Kier alpha value is -3.26. The fourth-order valence-corrected chi connectivity index (χ4v) is 3.16. The van der Waals surface area contributed by atoms with Gasteiger partial charge in [0, 0.05) is 12.0 Å². The van der Waals surface area contributed by atoms with Gasteiger partial charge in [0.25, 0.3) is 5.91 Å². The topological polar surface area (TPSA) is 96.5 Å². The van der Waals surface area contributed by atoms with Crippen LogP contribution in [0.25, 0.3) is 0 Å². The molecule has 2 amide bonds. The number of thiocarbonyl (C=S) groups is 1. The third-order valence-electron chi connectivity index (χ3n) is 4.43. The van der Waals surface area contributed by atoms with Gasteiger partial charge in [0.1, 0.15) is 0 Å². The highest BCUT2D eigenvalue weighted by Crippen LogP contribution is 2.16. The van der Waals surface area contributed by atoms with Gasteiger partial charge in [-0.1, -0.05) is 42.5 Å². The van der Waals surface area contributed by atoms with Crippen LogP contribution in [0.1, 0.15) is 56.0 Å². The van der Waals surface area contributed by atoms with Crippen LogP contribution >= 0.6 is 12.2 Å². The van der Waals surface area contributed by atoms with Gasteiger partial charge in [0.2, 0.25) is 5.91 Å². The summed E-state index contributed by atoms with van der Waals surface area (Å²) < 4.78 is 5.18. The maximum absolute atomic E-state index is 12.5. The summed E-state index contributed by atoms with van der Waals surface area (Å²) >= 11 is 5.19. The number of hydrogen-bond donors (Lipinski definition) is 3. The summed E-state index contributed by atoms with van der Waals surface area (Å²) in [5.74, 6) is -1.10. The highest BCUT2D eigenvalue weighted by molar-refractivity contribution is 7.80. The summed E-state index contributed by atoms with van der Waals surface area (Å²) in [6.45, 7) is 5.98. The Morgan fingerprint density at radius 2 is 1.61 bits per heavy atom. The Bertz CT molecular complexity index is 971. The molecule has 2 rings (SSSR count). The SMILES string of the molecule is CC(C)(C)NC(=O)c1ccccc1NC(=S)NC(=O)CCC(=O)OCCCc1ccccc1. The number of aryl methyl sites for hydroxylation is 1. The zero-order chi connectivity index (χ0) is 24.3. The lowest BCUT2D eigenvalue weighted by Crippen LogP contribution is -2.41. The quantitative estimate of drug-likeness (QED) is 0.292. The molecule has 2 aromatic carbocycles. The van der Waals surface area contributed by atoms with Crippen LogP contribution in [0, 0.1) is 0 Å². The van der Waals surface area contributed by atoms with Crippen LogP contribution in [0.5, 0.6) is 0 Å². The lowest BCUT2D eigenvalue weighted by Gasteiger charge is -2.21. The number of nitrogens with one attached hydrogen (secondary N) is 3. The minimum atomic E-state index is -0.429. The molecule has 7 nitrogen and oxygen atoms in total. The van der Waals surface area contributed by atoms with E-state index in [2.05, 4.69) is 16.0 Å². The summed E-state index contributed by atoms with van der Waals surface area (Å²) in [6.07, 6.45) is 1.46. The molecule has 0 aromatic heterocycles. The molecule has 0 aliphatic rings. The first-order chi connectivity index (χ1) is 15.6. The number of carbonyl (C=O) groups excluding carboxylic acids is 3. The van der Waals surface area contributed by atoms with Gasteiger partial charge in [-0.2, -0.15) is 0 Å². The molecule has 0 aliphatic carbocycles. The van der Waals surface area contributed by atoms with Gasteiger partial charge in [-0.3, -0.25) is 14.4 Å². The van der Waals surface area contributed by atoms with Crippen molar-refractivity contribution in [2.24, 2.45) is 0 Å². The van der Waals surface area contributed by atoms with Crippen molar-refractivity contribution in [1.29, 1.82) is 0 Å². The molecule has 2 aromatic rings. The second-order valence-electron chi connectivity index (χ2n) is 8.56. The lowest BCUT2D eigenvalue weighted by atomic mass is 10.1. The van der Waals surface area contributed by atoms with Crippen molar-refractivity contribution in [2.75, 3.05) is 11.9 Å². The minimum Gasteiger partial charge on any atom is -0.466 e. The van der Waals surface area contributed by atoms with E-state index < -0.39 is 17.4 Å². The minimum absolute atomic E-state index is 0.0373. The standard InChI is InChI=1S/C25H31N3O4S/c1-25(2,3)28-23(31)19-13-7-8-14-20(19)26-24(33)27-21(29)15-16-22(30)32-17-9-12-18-10-5-4-6-11-18/h4-8,10-11,13-14H,9,12,15-17H2,1-3H3,(H,28,31)(H2,26,27,29,33). The summed E-state index contributed by atoms with van der Waals surface area (Å²) in [5.41, 5.74) is 1.67. The van der Waals surface area contributed by atoms with Crippen molar-refractivity contribution < 1.29 is 19.1 Å². The molecular formula is C25H31N3O4S. The fourth-order valence-electron chi connectivity index (χ4n) is 2.94. The average Bonchev–Trinajstić information content (AvgIpc) is 2.75. The van der Waals surface area contributed by atoms with Gasteiger partial charge in [-0.15, -0.1) is 0 Å². The number of carbonyl (C=O) groups is 3. The molecule has 0 bridgehead atoms. The average molecular weight is 470 g/mol. The monoisotopic (exact) mass is 469 g/mol. The van der Waals surface area contributed by atoms with E-state index in [4.69, 9.17) is 17.0 Å². The molecule has 0 saturated carbocycles. The number of amides is 2. The number of benzene rings is 2. The number of anilines is 1. The Morgan fingerprint density at radius 3 is 2.30 bits per heavy atom. The van der Waals surface area contributed by atoms with Crippen LogP contribution in [0.2, 0.25) is 0 Å². The first kappa shape index (κ1) is 26.0. The third kappa shape index (κ3) is 10.3. The first-order valence-electron chi connectivity index (χ1n) is 10.9.